The van der Waals surface area contributed by atoms with E-state index < -0.39 is 0 Å². The van der Waals surface area contributed by atoms with Gasteiger partial charge in [0.2, 0.25) is 0 Å². The Bertz CT molecular complexity index is 600. The van der Waals surface area contributed by atoms with Gasteiger partial charge in [0.25, 0.3) is 0 Å². The lowest BCUT2D eigenvalue weighted by Crippen LogP contribution is -1.79. The molecule has 16 heavy (non-hydrogen) atoms. The summed E-state index contributed by atoms with van der Waals surface area (Å²) in [5.74, 6) is 0.786. The molecule has 0 aliphatic carbocycles. The Balaban J connectivity index is 2.23. The van der Waals surface area contributed by atoms with Crippen molar-refractivity contribution in [2.24, 2.45) is 0 Å². The largest absolute Gasteiger partial charge is 0.337 e. The molecule has 0 fully saturated rings. The molecule has 1 N–H and O–H groups in total. The summed E-state index contributed by atoms with van der Waals surface area (Å²) in [5.41, 5.74) is 5.34. The van der Waals surface area contributed by atoms with Crippen molar-refractivity contribution in [3.8, 4) is 11.5 Å². The van der Waals surface area contributed by atoms with E-state index in [1.165, 1.54) is 22.7 Å². The molecule has 3 rings (SSSR count). The molecule has 3 aromatic rings. The van der Waals surface area contributed by atoms with Gasteiger partial charge < -0.3 is 4.98 Å². The fourth-order valence-electron chi connectivity index (χ4n) is 1.66. The number of aromatic nitrogens is 4. The predicted molar refractivity (Wildman–Crippen MR) is 64.5 cm³/mol. The number of nitrogens with one attached hydrogen (secondary N) is 1. The molecule has 0 aliphatic rings. The summed E-state index contributed by atoms with van der Waals surface area (Å²) >= 11 is 1.33. The molecule has 0 aliphatic heterocycles. The van der Waals surface area contributed by atoms with E-state index in [2.05, 4.69) is 45.5 Å². The van der Waals surface area contributed by atoms with E-state index in [9.17, 15) is 0 Å². The van der Waals surface area contributed by atoms with Gasteiger partial charge in [-0.05, 0) is 48.6 Å². The zero-order valence-electron chi connectivity index (χ0n) is 8.98. The molecule has 0 bridgehead atoms. The van der Waals surface area contributed by atoms with E-state index in [-0.39, 0.29) is 0 Å². The molecule has 1 aromatic carbocycles. The summed E-state index contributed by atoms with van der Waals surface area (Å²) in [5, 5.41) is 5.89. The van der Waals surface area contributed by atoms with Crippen molar-refractivity contribution in [2.75, 3.05) is 0 Å². The Morgan fingerprint density at radius 3 is 2.75 bits per heavy atom. The predicted octanol–water partition coefficient (Wildman–Crippen LogP) is 2.70. The van der Waals surface area contributed by atoms with Gasteiger partial charge in [0, 0.05) is 5.38 Å². The topological polar surface area (TPSA) is 54.5 Å². The number of fused-ring (bicyclic) bond motifs is 1. The Morgan fingerprint density at radius 1 is 1.19 bits per heavy atom. The van der Waals surface area contributed by atoms with Crippen molar-refractivity contribution < 1.29 is 0 Å². The quantitative estimate of drug-likeness (QED) is 0.699. The van der Waals surface area contributed by atoms with Crippen LogP contribution >= 0.6 is 11.5 Å². The smallest absolute Gasteiger partial charge is 0.160 e. The Hall–Kier alpha value is -1.75. The second kappa shape index (κ2) is 3.38. The van der Waals surface area contributed by atoms with E-state index in [0.29, 0.717) is 0 Å². The van der Waals surface area contributed by atoms with Gasteiger partial charge in [-0.1, -0.05) is 4.49 Å². The highest BCUT2D eigenvalue weighted by molar-refractivity contribution is 7.03. The van der Waals surface area contributed by atoms with Crippen LogP contribution in [0.25, 0.3) is 22.6 Å². The molecule has 0 radical (unpaired) electrons. The zero-order chi connectivity index (χ0) is 11.1. The molecule has 0 saturated carbocycles. The number of hydrogen-bond donors (Lipinski definition) is 1. The molecule has 0 spiro atoms. The monoisotopic (exact) mass is 230 g/mol. The van der Waals surface area contributed by atoms with Gasteiger partial charge in [0.05, 0.1) is 11.0 Å². The maximum Gasteiger partial charge on any atom is 0.160 e. The first-order valence-corrected chi connectivity index (χ1v) is 5.82. The number of nitrogens with zero attached hydrogens (tertiary/aromatic N) is 3. The molecule has 0 saturated heterocycles. The first kappa shape index (κ1) is 9.47. The average Bonchev–Trinajstić information content (AvgIpc) is 2.86. The van der Waals surface area contributed by atoms with Gasteiger partial charge in [0.15, 0.2) is 5.82 Å². The number of aryl methyl sites for hydroxylation is 2. The number of rotatable bonds is 1. The van der Waals surface area contributed by atoms with E-state index >= 15 is 0 Å². The second-order valence-corrected chi connectivity index (χ2v) is 4.44. The number of H-pyrrole nitrogens is 1. The molecule has 2 heterocycles. The van der Waals surface area contributed by atoms with Crippen LogP contribution in [0.3, 0.4) is 0 Å². The summed E-state index contributed by atoms with van der Waals surface area (Å²) in [4.78, 5) is 7.76. The Morgan fingerprint density at radius 2 is 2.00 bits per heavy atom. The van der Waals surface area contributed by atoms with Crippen LogP contribution in [0, 0.1) is 13.8 Å². The van der Waals surface area contributed by atoms with Crippen LogP contribution in [-0.2, 0) is 0 Å². The van der Waals surface area contributed by atoms with Crippen molar-refractivity contribution in [3.63, 3.8) is 0 Å². The minimum Gasteiger partial charge on any atom is -0.337 e. The van der Waals surface area contributed by atoms with Crippen LogP contribution in [0.2, 0.25) is 0 Å². The van der Waals surface area contributed by atoms with Crippen molar-refractivity contribution >= 4 is 22.6 Å². The average molecular weight is 230 g/mol. The van der Waals surface area contributed by atoms with Crippen molar-refractivity contribution in [2.45, 2.75) is 13.8 Å². The fraction of sp³-hybridized carbons (Fsp3) is 0.182. The highest BCUT2D eigenvalue weighted by atomic mass is 32.1. The maximum atomic E-state index is 4.51. The van der Waals surface area contributed by atoms with Gasteiger partial charge in [-0.2, -0.15) is 0 Å². The molecule has 0 amide bonds. The van der Waals surface area contributed by atoms with Crippen LogP contribution in [-0.4, -0.2) is 19.6 Å². The summed E-state index contributed by atoms with van der Waals surface area (Å²) in [6.45, 7) is 4.19. The molecule has 5 heteroatoms. The molecule has 4 nitrogen and oxygen atoms in total. The highest BCUT2D eigenvalue weighted by Crippen LogP contribution is 2.21. The molecular formula is C11H10N4S. The first-order valence-electron chi connectivity index (χ1n) is 4.98. The second-order valence-electron chi connectivity index (χ2n) is 3.83. The van der Waals surface area contributed by atoms with Crippen LogP contribution in [0.4, 0.5) is 0 Å². The first-order chi connectivity index (χ1) is 7.74. The SMILES string of the molecule is Cc1cc2nc(-c3csnn3)[nH]c2cc1C. The number of imidazole rings is 1. The summed E-state index contributed by atoms with van der Waals surface area (Å²) in [6, 6.07) is 4.20. The van der Waals surface area contributed by atoms with Crippen LogP contribution in [0.1, 0.15) is 11.1 Å². The lowest BCUT2D eigenvalue weighted by Gasteiger charge is -1.97. The standard InChI is InChI=1S/C11H10N4S/c1-6-3-8-9(4-7(6)2)13-11(12-8)10-5-16-15-14-10/h3-5H,1-2H3,(H,12,13). The minimum absolute atomic E-state index is 0.786. The van der Waals surface area contributed by atoms with Gasteiger partial charge in [-0.25, -0.2) is 4.98 Å². The van der Waals surface area contributed by atoms with Crippen molar-refractivity contribution in [1.29, 1.82) is 0 Å². The third kappa shape index (κ3) is 1.40. The van der Waals surface area contributed by atoms with Gasteiger partial charge in [-0.3, -0.25) is 0 Å². The van der Waals surface area contributed by atoms with Crippen molar-refractivity contribution in [3.05, 3.63) is 28.6 Å². The van der Waals surface area contributed by atoms with Crippen LogP contribution in [0.15, 0.2) is 17.5 Å². The normalized spacial score (nSPS) is 11.1. The van der Waals surface area contributed by atoms with E-state index in [4.69, 9.17) is 0 Å². The molecule has 0 unspecified atom stereocenters. The summed E-state index contributed by atoms with van der Waals surface area (Å²) in [7, 11) is 0. The minimum atomic E-state index is 0.786. The van der Waals surface area contributed by atoms with Crippen LogP contribution < -0.4 is 0 Å². The van der Waals surface area contributed by atoms with Gasteiger partial charge in [-0.15, -0.1) is 5.10 Å². The maximum absolute atomic E-state index is 4.51. The molecular weight excluding hydrogens is 220 g/mol. The molecule has 0 atom stereocenters. The fourth-order valence-corrected chi connectivity index (χ4v) is 2.10. The molecule has 2 aromatic heterocycles. The third-order valence-corrected chi connectivity index (χ3v) is 3.20. The summed E-state index contributed by atoms with van der Waals surface area (Å²) in [6.07, 6.45) is 0. The van der Waals surface area contributed by atoms with Gasteiger partial charge in [0.1, 0.15) is 5.69 Å². The lowest BCUT2D eigenvalue weighted by molar-refractivity contribution is 1.13. The summed E-state index contributed by atoms with van der Waals surface area (Å²) < 4.78 is 3.84. The lowest BCUT2D eigenvalue weighted by atomic mass is 10.1. The van der Waals surface area contributed by atoms with Crippen LogP contribution in [0.5, 0.6) is 0 Å². The number of benzene rings is 1. The number of hydrogen-bond acceptors (Lipinski definition) is 4. The molecule has 80 valence electrons. The zero-order valence-corrected chi connectivity index (χ0v) is 9.80. The Kier molecular flexibility index (Phi) is 2.00. The highest BCUT2D eigenvalue weighted by Gasteiger charge is 2.08. The third-order valence-electron chi connectivity index (χ3n) is 2.70. The number of aromatic amines is 1. The van der Waals surface area contributed by atoms with E-state index in [1.807, 2.05) is 5.38 Å². The van der Waals surface area contributed by atoms with E-state index in [0.717, 1.165) is 22.6 Å². The Labute approximate surface area is 96.5 Å². The van der Waals surface area contributed by atoms with E-state index in [1.54, 1.807) is 0 Å². The van der Waals surface area contributed by atoms with Gasteiger partial charge >= 0.3 is 0 Å². The van der Waals surface area contributed by atoms with Crippen molar-refractivity contribution in [1.82, 2.24) is 19.6 Å².